The van der Waals surface area contributed by atoms with Crippen LogP contribution in [0.1, 0.15) is 13.3 Å². The normalized spacial score (nSPS) is 11.6. The second-order valence-corrected chi connectivity index (χ2v) is 2.25. The highest BCUT2D eigenvalue weighted by Gasteiger charge is 1.81. The molecule has 0 aromatic carbocycles. The van der Waals surface area contributed by atoms with Gasteiger partial charge >= 0.3 is 0 Å². The molecule has 0 aliphatic heterocycles. The molecule has 1 nitrogen and oxygen atoms in total. The molecule has 1 heteroatoms. The van der Waals surface area contributed by atoms with Crippen molar-refractivity contribution in [3.8, 4) is 0 Å². The molecule has 0 spiro atoms. The van der Waals surface area contributed by atoms with Crippen molar-refractivity contribution >= 4 is 0 Å². The fourth-order valence-electron chi connectivity index (χ4n) is 0.672. The van der Waals surface area contributed by atoms with Crippen LogP contribution in [0.25, 0.3) is 0 Å². The summed E-state index contributed by atoms with van der Waals surface area (Å²) in [4.78, 5) is 0. The van der Waals surface area contributed by atoms with Gasteiger partial charge in [-0.2, -0.15) is 0 Å². The molecule has 12 heavy (non-hydrogen) atoms. The number of ether oxygens (including phenoxy) is 1. The predicted octanol–water partition coefficient (Wildman–Crippen LogP) is 3.23. The first kappa shape index (κ1) is 10.8. The van der Waals surface area contributed by atoms with Crippen LogP contribution in [0.2, 0.25) is 0 Å². The Balaban J connectivity index is 3.75. The summed E-state index contributed by atoms with van der Waals surface area (Å²) in [5.41, 5.74) is 1.20. The molecule has 0 aromatic rings. The first-order chi connectivity index (χ1) is 5.85. The van der Waals surface area contributed by atoms with E-state index in [1.54, 1.807) is 12.3 Å². The predicted molar refractivity (Wildman–Crippen MR) is 53.9 cm³/mol. The van der Waals surface area contributed by atoms with Crippen LogP contribution in [0.15, 0.2) is 49.3 Å². The molecule has 0 rings (SSSR count). The lowest BCUT2D eigenvalue weighted by molar-refractivity contribution is 0.290. The van der Waals surface area contributed by atoms with Gasteiger partial charge in [-0.25, -0.2) is 0 Å². The Hall–Kier alpha value is -1.24. The highest BCUT2D eigenvalue weighted by Crippen LogP contribution is 2.00. The van der Waals surface area contributed by atoms with Crippen LogP contribution >= 0.6 is 0 Å². The minimum atomic E-state index is 0.555. The van der Waals surface area contributed by atoms with Crippen molar-refractivity contribution in [2.45, 2.75) is 13.3 Å². The molecule has 0 saturated heterocycles. The third-order valence-corrected chi connectivity index (χ3v) is 1.37. The third kappa shape index (κ3) is 5.54. The Morgan fingerprint density at radius 2 is 2.17 bits per heavy atom. The Labute approximate surface area is 74.7 Å². The summed E-state index contributed by atoms with van der Waals surface area (Å²) in [7, 11) is 0. The Morgan fingerprint density at radius 1 is 1.42 bits per heavy atom. The van der Waals surface area contributed by atoms with Crippen LogP contribution in [-0.4, -0.2) is 6.61 Å². The maximum atomic E-state index is 5.04. The summed E-state index contributed by atoms with van der Waals surface area (Å²) < 4.78 is 5.04. The van der Waals surface area contributed by atoms with E-state index in [0.29, 0.717) is 6.61 Å². The van der Waals surface area contributed by atoms with E-state index in [4.69, 9.17) is 4.74 Å². The Morgan fingerprint density at radius 3 is 2.67 bits per heavy atom. The standard InChI is InChI=1S/C11H16O/c1-4-9-12-10-7-8-11(5-2)6-3/h4-5,7-8,10H,1-2,6,9H2,3H3/b10-7+,11-8+. The van der Waals surface area contributed by atoms with E-state index in [1.807, 2.05) is 18.2 Å². The molecule has 0 saturated carbocycles. The molecule has 0 aliphatic rings. The quantitative estimate of drug-likeness (QED) is 0.253. The van der Waals surface area contributed by atoms with Crippen molar-refractivity contribution in [3.05, 3.63) is 49.3 Å². The summed E-state index contributed by atoms with van der Waals surface area (Å²) in [6, 6.07) is 0. The lowest BCUT2D eigenvalue weighted by atomic mass is 10.2. The zero-order valence-corrected chi connectivity index (χ0v) is 7.62. The summed E-state index contributed by atoms with van der Waals surface area (Å²) in [5.74, 6) is 0. The lowest BCUT2D eigenvalue weighted by Crippen LogP contribution is -1.78. The largest absolute Gasteiger partial charge is 0.497 e. The van der Waals surface area contributed by atoms with Gasteiger partial charge < -0.3 is 4.74 Å². The molecule has 0 fully saturated rings. The maximum Gasteiger partial charge on any atom is 0.105 e. The summed E-state index contributed by atoms with van der Waals surface area (Å²) >= 11 is 0. The van der Waals surface area contributed by atoms with Crippen molar-refractivity contribution < 1.29 is 4.74 Å². The van der Waals surface area contributed by atoms with Crippen molar-refractivity contribution in [2.75, 3.05) is 6.61 Å². The molecule has 0 unspecified atom stereocenters. The summed E-state index contributed by atoms with van der Waals surface area (Å²) in [6.45, 7) is 9.87. The van der Waals surface area contributed by atoms with E-state index in [0.717, 1.165) is 6.42 Å². The van der Waals surface area contributed by atoms with Gasteiger partial charge in [-0.1, -0.05) is 38.3 Å². The van der Waals surface area contributed by atoms with Crippen LogP contribution < -0.4 is 0 Å². The van der Waals surface area contributed by atoms with Gasteiger partial charge in [0.25, 0.3) is 0 Å². The lowest BCUT2D eigenvalue weighted by Gasteiger charge is -1.93. The highest BCUT2D eigenvalue weighted by molar-refractivity contribution is 5.20. The van der Waals surface area contributed by atoms with Crippen LogP contribution in [0.3, 0.4) is 0 Å². The number of hydrogen-bond acceptors (Lipinski definition) is 1. The Kier molecular flexibility index (Phi) is 7.05. The van der Waals surface area contributed by atoms with Crippen molar-refractivity contribution in [1.29, 1.82) is 0 Å². The Bertz CT molecular complexity index is 187. The molecule has 66 valence electrons. The highest BCUT2D eigenvalue weighted by atomic mass is 16.5. The fourth-order valence-corrected chi connectivity index (χ4v) is 0.672. The van der Waals surface area contributed by atoms with Gasteiger partial charge in [0.2, 0.25) is 0 Å². The van der Waals surface area contributed by atoms with E-state index in [1.165, 1.54) is 5.57 Å². The zero-order valence-electron chi connectivity index (χ0n) is 7.62. The summed E-state index contributed by atoms with van der Waals surface area (Å²) in [5, 5.41) is 0. The second-order valence-electron chi connectivity index (χ2n) is 2.25. The van der Waals surface area contributed by atoms with E-state index < -0.39 is 0 Å². The van der Waals surface area contributed by atoms with Gasteiger partial charge in [0.15, 0.2) is 0 Å². The van der Waals surface area contributed by atoms with Crippen molar-refractivity contribution in [1.82, 2.24) is 0 Å². The molecule has 0 heterocycles. The van der Waals surface area contributed by atoms with Gasteiger partial charge in [0, 0.05) is 0 Å². The number of hydrogen-bond donors (Lipinski definition) is 0. The van der Waals surface area contributed by atoms with E-state index >= 15 is 0 Å². The molecule has 0 aromatic heterocycles. The molecular formula is C11H16O. The van der Waals surface area contributed by atoms with Crippen molar-refractivity contribution in [3.63, 3.8) is 0 Å². The average molecular weight is 164 g/mol. The van der Waals surface area contributed by atoms with Crippen LogP contribution in [0.4, 0.5) is 0 Å². The molecule has 0 radical (unpaired) electrons. The molecule has 0 bridgehead atoms. The average Bonchev–Trinajstić information content (AvgIpc) is 2.11. The van der Waals surface area contributed by atoms with Crippen LogP contribution in [0.5, 0.6) is 0 Å². The van der Waals surface area contributed by atoms with Gasteiger partial charge in [-0.05, 0) is 18.1 Å². The van der Waals surface area contributed by atoms with E-state index in [2.05, 4.69) is 20.1 Å². The molecule has 0 atom stereocenters. The molecule has 0 N–H and O–H groups in total. The van der Waals surface area contributed by atoms with Crippen LogP contribution in [0, 0.1) is 0 Å². The first-order valence-corrected chi connectivity index (χ1v) is 4.05. The third-order valence-electron chi connectivity index (χ3n) is 1.37. The number of allylic oxidation sites excluding steroid dienone is 4. The van der Waals surface area contributed by atoms with Crippen molar-refractivity contribution in [2.24, 2.45) is 0 Å². The molecular weight excluding hydrogens is 148 g/mol. The van der Waals surface area contributed by atoms with Gasteiger partial charge in [-0.3, -0.25) is 0 Å². The first-order valence-electron chi connectivity index (χ1n) is 4.05. The maximum absolute atomic E-state index is 5.04. The zero-order chi connectivity index (χ0) is 9.23. The fraction of sp³-hybridized carbons (Fsp3) is 0.273. The van der Waals surface area contributed by atoms with E-state index in [-0.39, 0.29) is 0 Å². The molecule has 0 amide bonds. The minimum absolute atomic E-state index is 0.555. The van der Waals surface area contributed by atoms with Gasteiger partial charge in [0.1, 0.15) is 6.61 Å². The van der Waals surface area contributed by atoms with E-state index in [9.17, 15) is 0 Å². The van der Waals surface area contributed by atoms with Crippen LogP contribution in [-0.2, 0) is 4.74 Å². The smallest absolute Gasteiger partial charge is 0.105 e. The minimum Gasteiger partial charge on any atom is -0.497 e. The monoisotopic (exact) mass is 164 g/mol. The number of rotatable bonds is 6. The SMILES string of the molecule is C=CCO/C=C/C=C(\C=C)CC. The summed E-state index contributed by atoms with van der Waals surface area (Å²) in [6.07, 6.45) is 10.1. The topological polar surface area (TPSA) is 9.23 Å². The van der Waals surface area contributed by atoms with Gasteiger partial charge in [-0.15, -0.1) is 0 Å². The van der Waals surface area contributed by atoms with Gasteiger partial charge in [0.05, 0.1) is 6.26 Å². The second kappa shape index (κ2) is 7.86. The molecule has 0 aliphatic carbocycles.